The second kappa shape index (κ2) is 8.96. The Labute approximate surface area is 195 Å². The monoisotopic (exact) mass is 469 g/mol. The van der Waals surface area contributed by atoms with Gasteiger partial charge in [0.15, 0.2) is 0 Å². The van der Waals surface area contributed by atoms with Crippen LogP contribution in [0.4, 0.5) is 5.69 Å². The normalized spacial score (nSPS) is 15.5. The van der Waals surface area contributed by atoms with Crippen LogP contribution in [0.3, 0.4) is 0 Å². The fourth-order valence-corrected chi connectivity index (χ4v) is 6.68. The molecule has 1 aromatic heterocycles. The third-order valence-electron chi connectivity index (χ3n) is 6.11. The van der Waals surface area contributed by atoms with Gasteiger partial charge in [0.05, 0.1) is 15.6 Å². The fourth-order valence-electron chi connectivity index (χ4n) is 4.26. The fraction of sp³-hybridized carbons (Fsp3) is 0.400. The minimum absolute atomic E-state index is 0.113. The van der Waals surface area contributed by atoms with E-state index < -0.39 is 10.0 Å². The zero-order valence-corrected chi connectivity index (χ0v) is 21.1. The van der Waals surface area contributed by atoms with E-state index >= 15 is 0 Å². The number of anilines is 1. The number of benzene rings is 2. The molecule has 1 fully saturated rings. The molecule has 170 valence electrons. The van der Waals surface area contributed by atoms with Gasteiger partial charge in [-0.25, -0.2) is 13.4 Å². The van der Waals surface area contributed by atoms with Gasteiger partial charge in [-0.3, -0.25) is 0 Å². The number of thiazole rings is 1. The van der Waals surface area contributed by atoms with E-state index in [4.69, 9.17) is 0 Å². The van der Waals surface area contributed by atoms with E-state index in [0.29, 0.717) is 31.1 Å². The summed E-state index contributed by atoms with van der Waals surface area (Å²) in [4.78, 5) is 7.26. The van der Waals surface area contributed by atoms with Gasteiger partial charge in [0.25, 0.3) is 0 Å². The van der Waals surface area contributed by atoms with E-state index in [9.17, 15) is 8.42 Å². The molecule has 32 heavy (non-hydrogen) atoms. The summed E-state index contributed by atoms with van der Waals surface area (Å²) < 4.78 is 29.2. The first-order valence-electron chi connectivity index (χ1n) is 11.1. The lowest BCUT2D eigenvalue weighted by atomic mass is 10.0. The lowest BCUT2D eigenvalue weighted by molar-refractivity contribution is 0.384. The number of hydrogen-bond acceptors (Lipinski definition) is 5. The van der Waals surface area contributed by atoms with Crippen molar-refractivity contribution in [2.24, 2.45) is 0 Å². The van der Waals surface area contributed by atoms with E-state index in [-0.39, 0.29) is 5.92 Å². The highest BCUT2D eigenvalue weighted by atomic mass is 32.2. The Morgan fingerprint density at radius 1 is 0.969 bits per heavy atom. The molecule has 0 atom stereocenters. The van der Waals surface area contributed by atoms with Gasteiger partial charge in [-0.2, -0.15) is 4.31 Å². The highest BCUT2D eigenvalue weighted by Crippen LogP contribution is 2.33. The molecule has 0 amide bonds. The first-order valence-corrected chi connectivity index (χ1v) is 13.4. The molecule has 1 aliphatic heterocycles. The van der Waals surface area contributed by atoms with Crippen LogP contribution in [0.1, 0.15) is 41.5 Å². The predicted molar refractivity (Wildman–Crippen MR) is 133 cm³/mol. The number of aromatic nitrogens is 1. The molecule has 4 rings (SSSR count). The summed E-state index contributed by atoms with van der Waals surface area (Å²) in [5.41, 5.74) is 6.19. The van der Waals surface area contributed by atoms with Crippen LogP contribution in [-0.2, 0) is 10.0 Å². The maximum absolute atomic E-state index is 13.8. The molecular formula is C25H31N3O2S2. The minimum atomic E-state index is -3.60. The molecule has 0 bridgehead atoms. The van der Waals surface area contributed by atoms with E-state index in [2.05, 4.69) is 41.9 Å². The molecule has 1 aliphatic rings. The summed E-state index contributed by atoms with van der Waals surface area (Å²) in [5, 5.41) is 2.96. The van der Waals surface area contributed by atoms with Crippen LogP contribution in [0.5, 0.6) is 0 Å². The summed E-state index contributed by atoms with van der Waals surface area (Å²) in [6, 6.07) is 12.2. The standard InChI is InChI=1S/C25H31N3O2S2/c1-17(2)22-9-8-21(23-16-31-20(5)26-23)15-25(22)32(29,30)28-12-10-27(11-13-28)24-14-18(3)6-7-19(24)4/h6-9,14-17H,10-13H2,1-5H3. The van der Waals surface area contributed by atoms with Gasteiger partial charge >= 0.3 is 0 Å². The van der Waals surface area contributed by atoms with Gasteiger partial charge in [-0.1, -0.05) is 38.1 Å². The SMILES string of the molecule is Cc1ccc(C)c(N2CCN(S(=O)(=O)c3cc(-c4csc(C)n4)ccc3C(C)C)CC2)c1. The number of rotatable bonds is 5. The van der Waals surface area contributed by atoms with Crippen molar-refractivity contribution in [2.45, 2.75) is 45.4 Å². The maximum atomic E-state index is 13.8. The van der Waals surface area contributed by atoms with Crippen LogP contribution in [0.25, 0.3) is 11.3 Å². The van der Waals surface area contributed by atoms with E-state index in [1.165, 1.54) is 16.8 Å². The van der Waals surface area contributed by atoms with E-state index in [1.807, 2.05) is 44.4 Å². The Hall–Kier alpha value is -2.22. The van der Waals surface area contributed by atoms with Crippen molar-refractivity contribution in [1.82, 2.24) is 9.29 Å². The average Bonchev–Trinajstić information content (AvgIpc) is 3.21. The van der Waals surface area contributed by atoms with Crippen LogP contribution in [0.2, 0.25) is 0 Å². The van der Waals surface area contributed by atoms with Gasteiger partial charge in [0.1, 0.15) is 0 Å². The third-order valence-corrected chi connectivity index (χ3v) is 8.84. The summed E-state index contributed by atoms with van der Waals surface area (Å²) in [6.07, 6.45) is 0. The molecule has 0 radical (unpaired) electrons. The zero-order valence-electron chi connectivity index (χ0n) is 19.4. The third kappa shape index (κ3) is 4.47. The first-order chi connectivity index (χ1) is 15.2. The van der Waals surface area contributed by atoms with Crippen molar-refractivity contribution in [3.63, 3.8) is 0 Å². The second-order valence-corrected chi connectivity index (χ2v) is 11.8. The quantitative estimate of drug-likeness (QED) is 0.504. The molecule has 2 aromatic carbocycles. The molecule has 0 aliphatic carbocycles. The highest BCUT2D eigenvalue weighted by molar-refractivity contribution is 7.89. The van der Waals surface area contributed by atoms with Crippen LogP contribution < -0.4 is 4.90 Å². The van der Waals surface area contributed by atoms with Crippen LogP contribution in [-0.4, -0.2) is 43.9 Å². The molecule has 0 spiro atoms. The molecule has 7 heteroatoms. The minimum Gasteiger partial charge on any atom is -0.369 e. The van der Waals surface area contributed by atoms with Gasteiger partial charge < -0.3 is 4.90 Å². The second-order valence-electron chi connectivity index (χ2n) is 8.84. The number of aryl methyl sites for hydroxylation is 3. The molecule has 1 saturated heterocycles. The number of hydrogen-bond donors (Lipinski definition) is 0. The molecule has 3 aromatic rings. The smallest absolute Gasteiger partial charge is 0.243 e. The van der Waals surface area contributed by atoms with Crippen molar-refractivity contribution in [3.05, 3.63) is 63.5 Å². The molecular weight excluding hydrogens is 438 g/mol. The molecule has 0 unspecified atom stereocenters. The van der Waals surface area contributed by atoms with E-state index in [1.54, 1.807) is 15.6 Å². The Morgan fingerprint density at radius 3 is 2.31 bits per heavy atom. The Morgan fingerprint density at radius 2 is 1.69 bits per heavy atom. The highest BCUT2D eigenvalue weighted by Gasteiger charge is 2.31. The van der Waals surface area contributed by atoms with Crippen LogP contribution >= 0.6 is 11.3 Å². The number of sulfonamides is 1. The summed E-state index contributed by atoms with van der Waals surface area (Å²) in [5.74, 6) is 0.113. The Balaban J connectivity index is 1.62. The lowest BCUT2D eigenvalue weighted by Gasteiger charge is -2.36. The predicted octanol–water partition coefficient (Wildman–Crippen LogP) is 5.37. The summed E-state index contributed by atoms with van der Waals surface area (Å²) in [7, 11) is -3.60. The van der Waals surface area contributed by atoms with Gasteiger partial charge in [0.2, 0.25) is 10.0 Å². The molecule has 0 saturated carbocycles. The molecule has 0 N–H and O–H groups in total. The van der Waals surface area contributed by atoms with Crippen LogP contribution in [0, 0.1) is 20.8 Å². The largest absolute Gasteiger partial charge is 0.369 e. The maximum Gasteiger partial charge on any atom is 0.243 e. The van der Waals surface area contributed by atoms with Crippen molar-refractivity contribution >= 4 is 27.0 Å². The van der Waals surface area contributed by atoms with Gasteiger partial charge in [-0.15, -0.1) is 11.3 Å². The average molecular weight is 470 g/mol. The van der Waals surface area contributed by atoms with E-state index in [0.717, 1.165) is 21.8 Å². The zero-order chi connectivity index (χ0) is 23.0. The Kier molecular flexibility index (Phi) is 6.43. The topological polar surface area (TPSA) is 53.5 Å². The van der Waals surface area contributed by atoms with Gasteiger partial charge in [-0.05, 0) is 55.5 Å². The van der Waals surface area contributed by atoms with Crippen molar-refractivity contribution in [2.75, 3.05) is 31.1 Å². The Bertz CT molecular complexity index is 1220. The van der Waals surface area contributed by atoms with Crippen molar-refractivity contribution in [3.8, 4) is 11.3 Å². The molecule has 5 nitrogen and oxygen atoms in total. The van der Waals surface area contributed by atoms with Crippen LogP contribution in [0.15, 0.2) is 46.7 Å². The number of piperazine rings is 1. The lowest BCUT2D eigenvalue weighted by Crippen LogP contribution is -2.49. The van der Waals surface area contributed by atoms with Crippen molar-refractivity contribution < 1.29 is 8.42 Å². The van der Waals surface area contributed by atoms with Crippen molar-refractivity contribution in [1.29, 1.82) is 0 Å². The first kappa shape index (κ1) is 23.0. The summed E-state index contributed by atoms with van der Waals surface area (Å²) in [6.45, 7) is 12.6. The van der Waals surface area contributed by atoms with Gasteiger partial charge in [0, 0.05) is 42.8 Å². The number of nitrogens with zero attached hydrogens (tertiary/aromatic N) is 3. The molecule has 2 heterocycles. The summed E-state index contributed by atoms with van der Waals surface area (Å²) >= 11 is 1.57.